The van der Waals surface area contributed by atoms with Crippen molar-refractivity contribution >= 4 is 16.5 Å². The van der Waals surface area contributed by atoms with Gasteiger partial charge in [-0.25, -0.2) is 4.98 Å². The van der Waals surface area contributed by atoms with E-state index in [1.807, 2.05) is 18.4 Å². The van der Waals surface area contributed by atoms with E-state index in [0.29, 0.717) is 12.1 Å². The Morgan fingerprint density at radius 3 is 2.42 bits per heavy atom. The molecule has 1 aromatic rings. The second-order valence-electron chi connectivity index (χ2n) is 5.35. The van der Waals surface area contributed by atoms with Gasteiger partial charge >= 0.3 is 0 Å². The van der Waals surface area contributed by atoms with Crippen molar-refractivity contribution in [3.8, 4) is 0 Å². The maximum absolute atomic E-state index is 4.77. The van der Waals surface area contributed by atoms with E-state index in [-0.39, 0.29) is 0 Å². The SMILES string of the molecule is CCN(c1nc(C)c(C(C)NC)s1)C(C)CN(C)C. The Balaban J connectivity index is 2.93. The van der Waals surface area contributed by atoms with Gasteiger partial charge in [0.2, 0.25) is 0 Å². The Kier molecular flexibility index (Phi) is 6.23. The van der Waals surface area contributed by atoms with Gasteiger partial charge < -0.3 is 15.1 Å². The van der Waals surface area contributed by atoms with Crippen LogP contribution >= 0.6 is 11.3 Å². The number of hydrogen-bond donors (Lipinski definition) is 1. The number of thiazole rings is 1. The van der Waals surface area contributed by atoms with Crippen LogP contribution in [-0.2, 0) is 0 Å². The molecule has 1 rings (SSSR count). The molecule has 1 aromatic heterocycles. The van der Waals surface area contributed by atoms with E-state index in [0.717, 1.165) is 23.9 Å². The smallest absolute Gasteiger partial charge is 0.186 e. The minimum Gasteiger partial charge on any atom is -0.344 e. The number of likely N-dealkylation sites (N-methyl/N-ethyl adjacent to an activating group) is 2. The first-order valence-corrected chi connectivity index (χ1v) is 7.78. The Bertz CT molecular complexity index is 389. The van der Waals surface area contributed by atoms with Crippen LogP contribution in [0.25, 0.3) is 0 Å². The van der Waals surface area contributed by atoms with Gasteiger partial charge in [-0.2, -0.15) is 0 Å². The quantitative estimate of drug-likeness (QED) is 0.833. The maximum atomic E-state index is 4.77. The van der Waals surface area contributed by atoms with Gasteiger partial charge in [0, 0.05) is 30.1 Å². The summed E-state index contributed by atoms with van der Waals surface area (Å²) in [5.74, 6) is 0. The lowest BCUT2D eigenvalue weighted by Gasteiger charge is -2.29. The lowest BCUT2D eigenvalue weighted by Crippen LogP contribution is -2.40. The van der Waals surface area contributed by atoms with Gasteiger partial charge in [0.05, 0.1) is 5.69 Å². The third kappa shape index (κ3) is 4.16. The second-order valence-corrected chi connectivity index (χ2v) is 6.36. The van der Waals surface area contributed by atoms with Crippen molar-refractivity contribution in [2.24, 2.45) is 0 Å². The van der Waals surface area contributed by atoms with Crippen LogP contribution in [0.5, 0.6) is 0 Å². The Labute approximate surface area is 121 Å². The molecule has 0 spiro atoms. The van der Waals surface area contributed by atoms with Crippen molar-refractivity contribution in [3.63, 3.8) is 0 Å². The molecular weight excluding hydrogens is 256 g/mol. The molecule has 19 heavy (non-hydrogen) atoms. The molecule has 0 radical (unpaired) electrons. The molecule has 2 atom stereocenters. The highest BCUT2D eigenvalue weighted by Crippen LogP contribution is 2.31. The largest absolute Gasteiger partial charge is 0.344 e. The number of nitrogens with one attached hydrogen (secondary N) is 1. The van der Waals surface area contributed by atoms with E-state index in [9.17, 15) is 0 Å². The van der Waals surface area contributed by atoms with Crippen LogP contribution in [0, 0.1) is 6.92 Å². The highest BCUT2D eigenvalue weighted by atomic mass is 32.1. The molecule has 110 valence electrons. The van der Waals surface area contributed by atoms with E-state index in [2.05, 4.69) is 56.9 Å². The molecule has 0 aliphatic rings. The lowest BCUT2D eigenvalue weighted by molar-refractivity contribution is 0.373. The van der Waals surface area contributed by atoms with Crippen LogP contribution in [0.3, 0.4) is 0 Å². The summed E-state index contributed by atoms with van der Waals surface area (Å²) in [6.45, 7) is 10.8. The normalized spacial score (nSPS) is 14.7. The van der Waals surface area contributed by atoms with E-state index in [1.165, 1.54) is 4.88 Å². The zero-order chi connectivity index (χ0) is 14.6. The number of aryl methyl sites for hydroxylation is 1. The van der Waals surface area contributed by atoms with Gasteiger partial charge in [0.15, 0.2) is 5.13 Å². The number of aromatic nitrogens is 1. The number of hydrogen-bond acceptors (Lipinski definition) is 5. The molecule has 0 saturated carbocycles. The summed E-state index contributed by atoms with van der Waals surface area (Å²) in [6.07, 6.45) is 0. The third-order valence-corrected chi connectivity index (χ3v) is 4.77. The van der Waals surface area contributed by atoms with Gasteiger partial charge in [0.25, 0.3) is 0 Å². The zero-order valence-corrected chi connectivity index (χ0v) is 14.1. The molecule has 0 aromatic carbocycles. The fourth-order valence-electron chi connectivity index (χ4n) is 2.31. The van der Waals surface area contributed by atoms with E-state index < -0.39 is 0 Å². The summed E-state index contributed by atoms with van der Waals surface area (Å²) in [5, 5.41) is 4.44. The predicted molar refractivity (Wildman–Crippen MR) is 85.4 cm³/mol. The minimum absolute atomic E-state index is 0.370. The summed E-state index contributed by atoms with van der Waals surface area (Å²) in [4.78, 5) is 10.7. The highest BCUT2D eigenvalue weighted by Gasteiger charge is 2.20. The number of rotatable bonds is 7. The molecule has 0 aliphatic heterocycles. The standard InChI is InChI=1S/C14H28N4S/c1-8-18(10(2)9-17(6)7)14-16-12(4)13(19-14)11(3)15-5/h10-11,15H,8-9H2,1-7H3. The Hall–Kier alpha value is -0.650. The third-order valence-electron chi connectivity index (χ3n) is 3.40. The Morgan fingerprint density at radius 2 is 1.95 bits per heavy atom. The van der Waals surface area contributed by atoms with Crippen molar-refractivity contribution in [1.29, 1.82) is 0 Å². The van der Waals surface area contributed by atoms with Gasteiger partial charge in [0.1, 0.15) is 0 Å². The van der Waals surface area contributed by atoms with Crippen molar-refractivity contribution in [3.05, 3.63) is 10.6 Å². The average molecular weight is 284 g/mol. The van der Waals surface area contributed by atoms with Crippen LogP contribution in [0.4, 0.5) is 5.13 Å². The molecule has 0 aliphatic carbocycles. The molecule has 0 amide bonds. The summed E-state index contributed by atoms with van der Waals surface area (Å²) < 4.78 is 0. The summed E-state index contributed by atoms with van der Waals surface area (Å²) >= 11 is 1.81. The molecular formula is C14H28N4S. The predicted octanol–water partition coefficient (Wildman–Crippen LogP) is 2.51. The van der Waals surface area contributed by atoms with E-state index in [4.69, 9.17) is 4.98 Å². The van der Waals surface area contributed by atoms with Crippen molar-refractivity contribution in [2.75, 3.05) is 39.1 Å². The van der Waals surface area contributed by atoms with Crippen molar-refractivity contribution in [1.82, 2.24) is 15.2 Å². The van der Waals surface area contributed by atoms with Crippen LogP contribution in [0.15, 0.2) is 0 Å². The number of anilines is 1. The fourth-order valence-corrected chi connectivity index (χ4v) is 3.61. The van der Waals surface area contributed by atoms with Crippen molar-refractivity contribution < 1.29 is 0 Å². The second kappa shape index (κ2) is 7.22. The van der Waals surface area contributed by atoms with Gasteiger partial charge in [-0.15, -0.1) is 11.3 Å². The van der Waals surface area contributed by atoms with Crippen LogP contribution in [0.1, 0.15) is 37.4 Å². The summed E-state index contributed by atoms with van der Waals surface area (Å²) in [5.41, 5.74) is 1.15. The van der Waals surface area contributed by atoms with Gasteiger partial charge in [-0.05, 0) is 48.8 Å². The first-order chi connectivity index (χ1) is 8.90. The van der Waals surface area contributed by atoms with Crippen LogP contribution < -0.4 is 10.2 Å². The van der Waals surface area contributed by atoms with Crippen molar-refractivity contribution in [2.45, 2.75) is 39.8 Å². The first-order valence-electron chi connectivity index (χ1n) is 6.96. The zero-order valence-electron chi connectivity index (χ0n) is 13.3. The van der Waals surface area contributed by atoms with E-state index in [1.54, 1.807) is 0 Å². The molecule has 1 N–H and O–H groups in total. The van der Waals surface area contributed by atoms with Gasteiger partial charge in [-0.3, -0.25) is 0 Å². The summed E-state index contributed by atoms with van der Waals surface area (Å²) in [6, 6.07) is 0.845. The fraction of sp³-hybridized carbons (Fsp3) is 0.786. The highest BCUT2D eigenvalue weighted by molar-refractivity contribution is 7.15. The number of nitrogens with zero attached hydrogens (tertiary/aromatic N) is 3. The average Bonchev–Trinajstić information content (AvgIpc) is 2.70. The molecule has 5 heteroatoms. The molecule has 2 unspecified atom stereocenters. The molecule has 0 saturated heterocycles. The lowest BCUT2D eigenvalue weighted by atomic mass is 10.2. The van der Waals surface area contributed by atoms with Gasteiger partial charge in [-0.1, -0.05) is 0 Å². The first kappa shape index (κ1) is 16.4. The molecule has 1 heterocycles. The molecule has 0 bridgehead atoms. The summed E-state index contributed by atoms with van der Waals surface area (Å²) in [7, 11) is 6.23. The molecule has 0 fully saturated rings. The maximum Gasteiger partial charge on any atom is 0.186 e. The topological polar surface area (TPSA) is 31.4 Å². The van der Waals surface area contributed by atoms with Crippen LogP contribution in [-0.4, -0.2) is 50.2 Å². The monoisotopic (exact) mass is 284 g/mol. The Morgan fingerprint density at radius 1 is 1.32 bits per heavy atom. The molecule has 4 nitrogen and oxygen atoms in total. The van der Waals surface area contributed by atoms with E-state index >= 15 is 0 Å². The minimum atomic E-state index is 0.370. The van der Waals surface area contributed by atoms with Crippen LogP contribution in [0.2, 0.25) is 0 Å².